The van der Waals surface area contributed by atoms with E-state index in [0.717, 1.165) is 6.42 Å². The monoisotopic (exact) mass is 324 g/mol. The molecule has 0 radical (unpaired) electrons. The maximum atomic E-state index is 11.6. The average molecular weight is 325 g/mol. The van der Waals surface area contributed by atoms with Crippen LogP contribution in [0.25, 0.3) is 10.9 Å². The minimum absolute atomic E-state index is 0.343. The van der Waals surface area contributed by atoms with Crippen LogP contribution in [0.5, 0.6) is 11.5 Å². The number of halogens is 1. The van der Waals surface area contributed by atoms with E-state index < -0.39 is 6.09 Å². The molecule has 0 atom stereocenters. The number of nitrogens with zero attached hydrogens (tertiary/aromatic N) is 1. The maximum absolute atomic E-state index is 11.6. The number of hydrogen-bond acceptors (Lipinski definition) is 5. The number of ether oxygens (including phenoxy) is 3. The van der Waals surface area contributed by atoms with Crippen LogP contribution >= 0.6 is 11.6 Å². The van der Waals surface area contributed by atoms with Gasteiger partial charge in [-0.05, 0) is 12.5 Å². The third-order valence-corrected chi connectivity index (χ3v) is 3.39. The summed E-state index contributed by atoms with van der Waals surface area (Å²) in [5.41, 5.74) is 1.01. The third-order valence-electron chi connectivity index (χ3n) is 2.98. The molecule has 0 bridgehead atoms. The Morgan fingerprint density at radius 3 is 2.59 bits per heavy atom. The fraction of sp³-hybridized carbons (Fsp3) is 0.333. The first-order valence-electron chi connectivity index (χ1n) is 6.74. The van der Waals surface area contributed by atoms with Crippen molar-refractivity contribution in [2.24, 2.45) is 0 Å². The Morgan fingerprint density at radius 1 is 1.27 bits per heavy atom. The summed E-state index contributed by atoms with van der Waals surface area (Å²) in [4.78, 5) is 15.9. The first kappa shape index (κ1) is 16.2. The lowest BCUT2D eigenvalue weighted by Crippen LogP contribution is -2.14. The van der Waals surface area contributed by atoms with Crippen LogP contribution in [0.4, 0.5) is 10.5 Å². The Balaban J connectivity index is 2.38. The Labute approximate surface area is 133 Å². The number of amides is 1. The van der Waals surface area contributed by atoms with Gasteiger partial charge in [-0.2, -0.15) is 0 Å². The normalized spacial score (nSPS) is 10.4. The van der Waals surface area contributed by atoms with E-state index in [4.69, 9.17) is 25.8 Å². The van der Waals surface area contributed by atoms with E-state index in [-0.39, 0.29) is 0 Å². The molecular formula is C15H17ClN2O4. The topological polar surface area (TPSA) is 69.7 Å². The minimum atomic E-state index is -0.564. The van der Waals surface area contributed by atoms with E-state index in [1.165, 1.54) is 13.3 Å². The second-order valence-electron chi connectivity index (χ2n) is 4.47. The quantitative estimate of drug-likeness (QED) is 0.904. The van der Waals surface area contributed by atoms with Crippen molar-refractivity contribution in [3.8, 4) is 11.5 Å². The number of rotatable bonds is 5. The predicted molar refractivity (Wildman–Crippen MR) is 85.1 cm³/mol. The number of methoxy groups -OCH3 is 2. The fourth-order valence-electron chi connectivity index (χ4n) is 1.91. The van der Waals surface area contributed by atoms with Crippen LogP contribution in [-0.4, -0.2) is 31.9 Å². The Bertz CT molecular complexity index is 691. The smallest absolute Gasteiger partial charge is 0.411 e. The number of aromatic nitrogens is 1. The summed E-state index contributed by atoms with van der Waals surface area (Å²) < 4.78 is 15.4. The zero-order chi connectivity index (χ0) is 16.1. The van der Waals surface area contributed by atoms with Crippen LogP contribution in [0.1, 0.15) is 13.3 Å². The van der Waals surface area contributed by atoms with Crippen LogP contribution in [0, 0.1) is 0 Å². The lowest BCUT2D eigenvalue weighted by atomic mass is 10.2. The van der Waals surface area contributed by atoms with E-state index in [2.05, 4.69) is 10.3 Å². The summed E-state index contributed by atoms with van der Waals surface area (Å²) in [5, 5.41) is 3.58. The summed E-state index contributed by atoms with van der Waals surface area (Å²) >= 11 is 6.34. The number of fused-ring (bicyclic) bond motifs is 1. The van der Waals surface area contributed by atoms with Crippen LogP contribution in [0.15, 0.2) is 18.3 Å². The largest absolute Gasteiger partial charge is 0.493 e. The van der Waals surface area contributed by atoms with Crippen molar-refractivity contribution in [3.05, 3.63) is 23.4 Å². The van der Waals surface area contributed by atoms with E-state index >= 15 is 0 Å². The first-order valence-corrected chi connectivity index (χ1v) is 7.12. The number of benzene rings is 1. The predicted octanol–water partition coefficient (Wildman–Crippen LogP) is 3.86. The van der Waals surface area contributed by atoms with E-state index in [1.54, 1.807) is 19.2 Å². The van der Waals surface area contributed by atoms with Gasteiger partial charge in [-0.3, -0.25) is 10.3 Å². The van der Waals surface area contributed by atoms with Crippen LogP contribution in [0.2, 0.25) is 5.02 Å². The number of nitrogens with one attached hydrogen (secondary N) is 1. The molecule has 0 saturated heterocycles. The minimum Gasteiger partial charge on any atom is -0.493 e. The van der Waals surface area contributed by atoms with Gasteiger partial charge >= 0.3 is 6.09 Å². The fourth-order valence-corrected chi connectivity index (χ4v) is 2.16. The van der Waals surface area contributed by atoms with Gasteiger partial charge in [-0.15, -0.1) is 0 Å². The molecular weight excluding hydrogens is 308 g/mol. The molecule has 22 heavy (non-hydrogen) atoms. The molecule has 1 aromatic carbocycles. The SMILES string of the molecule is CCCOC(=O)Nc1cnc2cc(OC)c(OC)cc2c1Cl. The van der Waals surface area contributed by atoms with Gasteiger partial charge in [0.1, 0.15) is 0 Å². The molecule has 6 nitrogen and oxygen atoms in total. The summed E-state index contributed by atoms with van der Waals surface area (Å²) in [7, 11) is 3.08. The zero-order valence-corrected chi connectivity index (χ0v) is 13.4. The molecule has 118 valence electrons. The van der Waals surface area contributed by atoms with Gasteiger partial charge in [0.05, 0.1) is 43.3 Å². The van der Waals surface area contributed by atoms with Crippen molar-refractivity contribution in [2.75, 3.05) is 26.1 Å². The van der Waals surface area contributed by atoms with Crippen molar-refractivity contribution in [1.82, 2.24) is 4.98 Å². The van der Waals surface area contributed by atoms with Gasteiger partial charge in [-0.25, -0.2) is 4.79 Å². The van der Waals surface area contributed by atoms with Crippen molar-refractivity contribution >= 4 is 34.3 Å². The van der Waals surface area contributed by atoms with Gasteiger partial charge in [0.25, 0.3) is 0 Å². The molecule has 0 saturated carbocycles. The molecule has 0 aliphatic rings. The lowest BCUT2D eigenvalue weighted by molar-refractivity contribution is 0.161. The molecule has 0 unspecified atom stereocenters. The van der Waals surface area contributed by atoms with Crippen molar-refractivity contribution < 1.29 is 19.0 Å². The molecule has 1 heterocycles. The second kappa shape index (κ2) is 7.17. The second-order valence-corrected chi connectivity index (χ2v) is 4.85. The van der Waals surface area contributed by atoms with E-state index in [9.17, 15) is 4.79 Å². The number of pyridine rings is 1. The van der Waals surface area contributed by atoms with Crippen LogP contribution in [-0.2, 0) is 4.74 Å². The van der Waals surface area contributed by atoms with Gasteiger partial charge in [-0.1, -0.05) is 18.5 Å². The van der Waals surface area contributed by atoms with Gasteiger partial charge in [0.15, 0.2) is 11.5 Å². The lowest BCUT2D eigenvalue weighted by Gasteiger charge is -2.12. The molecule has 1 amide bonds. The summed E-state index contributed by atoms with van der Waals surface area (Å²) in [6.07, 6.45) is 1.66. The molecule has 0 aliphatic carbocycles. The molecule has 0 fully saturated rings. The maximum Gasteiger partial charge on any atom is 0.411 e. The molecule has 2 rings (SSSR count). The highest BCUT2D eigenvalue weighted by Crippen LogP contribution is 2.37. The number of carbonyl (C=O) groups excluding carboxylic acids is 1. The van der Waals surface area contributed by atoms with Crippen molar-refractivity contribution in [3.63, 3.8) is 0 Å². The molecule has 7 heteroatoms. The van der Waals surface area contributed by atoms with E-state index in [0.29, 0.717) is 39.7 Å². The highest BCUT2D eigenvalue weighted by atomic mass is 35.5. The van der Waals surface area contributed by atoms with Gasteiger partial charge in [0.2, 0.25) is 0 Å². The van der Waals surface area contributed by atoms with Crippen LogP contribution < -0.4 is 14.8 Å². The third kappa shape index (κ3) is 3.33. The molecule has 2 aromatic rings. The Morgan fingerprint density at radius 2 is 1.95 bits per heavy atom. The van der Waals surface area contributed by atoms with Gasteiger partial charge in [0, 0.05) is 11.5 Å². The number of anilines is 1. The first-order chi connectivity index (χ1) is 10.6. The van der Waals surface area contributed by atoms with Gasteiger partial charge < -0.3 is 14.2 Å². The molecule has 0 spiro atoms. The van der Waals surface area contributed by atoms with Crippen molar-refractivity contribution in [1.29, 1.82) is 0 Å². The van der Waals surface area contributed by atoms with Crippen molar-refractivity contribution in [2.45, 2.75) is 13.3 Å². The molecule has 1 aromatic heterocycles. The summed E-state index contributed by atoms with van der Waals surface area (Å²) in [6.45, 7) is 2.26. The standard InChI is InChI=1S/C15H17ClN2O4/c1-4-5-22-15(19)18-11-8-17-10-7-13(21-3)12(20-2)6-9(10)14(11)16/h6-8H,4-5H2,1-3H3,(H,18,19). The molecule has 1 N–H and O–H groups in total. The average Bonchev–Trinajstić information content (AvgIpc) is 2.54. The summed E-state index contributed by atoms with van der Waals surface area (Å²) in [5.74, 6) is 1.09. The van der Waals surface area contributed by atoms with E-state index in [1.807, 2.05) is 6.92 Å². The molecule has 0 aliphatic heterocycles. The highest BCUT2D eigenvalue weighted by molar-refractivity contribution is 6.38. The summed E-state index contributed by atoms with van der Waals surface area (Å²) in [6, 6.07) is 3.44. The Hall–Kier alpha value is -2.21. The number of hydrogen-bond donors (Lipinski definition) is 1. The Kier molecular flexibility index (Phi) is 5.27. The number of carbonyl (C=O) groups is 1. The highest BCUT2D eigenvalue weighted by Gasteiger charge is 2.14. The zero-order valence-electron chi connectivity index (χ0n) is 12.6. The van der Waals surface area contributed by atoms with Crippen LogP contribution in [0.3, 0.4) is 0 Å².